The number of rotatable bonds is 8. The number of ether oxygens (including phenoxy) is 1. The lowest BCUT2D eigenvalue weighted by Gasteiger charge is -2.21. The SMILES string of the molecule is CC(C)c1ccc(F)cc1N1C(=O)CSC1=NC(=O)NNC(C)c1ccc(-c2ncn(-c3ccc(OC(F)(F)F)cc3)n2)cc1. The number of amidine groups is 1. The van der Waals surface area contributed by atoms with Crippen LogP contribution in [-0.2, 0) is 4.79 Å². The molecule has 1 aliphatic rings. The quantitative estimate of drug-likeness (QED) is 0.167. The first-order valence-electron chi connectivity index (χ1n) is 13.7. The minimum absolute atomic E-state index is 0.0111. The highest BCUT2D eigenvalue weighted by molar-refractivity contribution is 8.15. The van der Waals surface area contributed by atoms with Gasteiger partial charge in [0.25, 0.3) is 0 Å². The smallest absolute Gasteiger partial charge is 0.406 e. The van der Waals surface area contributed by atoms with Gasteiger partial charge in [0.05, 0.1) is 17.1 Å². The number of halogens is 4. The third-order valence-corrected chi connectivity index (χ3v) is 7.63. The Balaban J connectivity index is 1.20. The van der Waals surface area contributed by atoms with Crippen LogP contribution in [0.2, 0.25) is 0 Å². The summed E-state index contributed by atoms with van der Waals surface area (Å²) in [6.07, 6.45) is -3.33. The van der Waals surface area contributed by atoms with Crippen molar-refractivity contribution in [3.63, 3.8) is 0 Å². The minimum Gasteiger partial charge on any atom is -0.406 e. The summed E-state index contributed by atoms with van der Waals surface area (Å²) in [7, 11) is 0. The summed E-state index contributed by atoms with van der Waals surface area (Å²) in [6, 6.07) is 15.6. The summed E-state index contributed by atoms with van der Waals surface area (Å²) >= 11 is 1.10. The van der Waals surface area contributed by atoms with E-state index in [0.717, 1.165) is 22.9 Å². The second-order valence-corrected chi connectivity index (χ2v) is 11.2. The van der Waals surface area contributed by atoms with Crippen molar-refractivity contribution in [2.75, 3.05) is 10.7 Å². The van der Waals surface area contributed by atoms with Crippen molar-refractivity contribution < 1.29 is 31.9 Å². The zero-order valence-corrected chi connectivity index (χ0v) is 25.0. The molecule has 1 aliphatic heterocycles. The molecular weight excluding hydrogens is 614 g/mol. The summed E-state index contributed by atoms with van der Waals surface area (Å²) in [5.74, 6) is -0.653. The van der Waals surface area contributed by atoms with Crippen molar-refractivity contribution in [3.05, 3.63) is 90.0 Å². The molecule has 3 amide bonds. The molecule has 2 heterocycles. The van der Waals surface area contributed by atoms with Crippen molar-refractivity contribution in [1.82, 2.24) is 25.6 Å². The highest BCUT2D eigenvalue weighted by Gasteiger charge is 2.33. The standard InChI is InChI=1S/C30H27F4N7O3S/c1-17(2)24-13-8-21(31)14-25(24)41-26(42)15-45-29(41)36-28(43)38-37-18(3)19-4-6-20(7-5-19)27-35-16-40(39-27)22-9-11-23(12-10-22)44-30(32,33)34/h4-14,16-18,37H,15H2,1-3H3,(H,38,43). The first-order chi connectivity index (χ1) is 21.4. The van der Waals surface area contributed by atoms with Crippen molar-refractivity contribution in [2.45, 2.75) is 39.1 Å². The molecule has 1 atom stereocenters. The van der Waals surface area contributed by atoms with Crippen LogP contribution in [0.5, 0.6) is 5.75 Å². The van der Waals surface area contributed by atoms with Crippen LogP contribution in [0.1, 0.15) is 43.9 Å². The lowest BCUT2D eigenvalue weighted by Crippen LogP contribution is -2.39. The molecule has 0 spiro atoms. The third kappa shape index (κ3) is 7.67. The lowest BCUT2D eigenvalue weighted by molar-refractivity contribution is -0.274. The van der Waals surface area contributed by atoms with Crippen LogP contribution in [0.15, 0.2) is 78.0 Å². The van der Waals surface area contributed by atoms with E-state index in [1.165, 1.54) is 52.3 Å². The number of nitrogens with zero attached hydrogens (tertiary/aromatic N) is 5. The predicted octanol–water partition coefficient (Wildman–Crippen LogP) is 6.51. The maximum absolute atomic E-state index is 14.1. The number of thioether (sulfide) groups is 1. The molecule has 0 bridgehead atoms. The number of amides is 3. The van der Waals surface area contributed by atoms with Gasteiger partial charge in [0.2, 0.25) is 5.91 Å². The average molecular weight is 642 g/mol. The number of alkyl halides is 3. The Morgan fingerprint density at radius 1 is 1.04 bits per heavy atom. The fraction of sp³-hybridized carbons (Fsp3) is 0.233. The normalized spacial score (nSPS) is 15.2. The Labute approximate surface area is 259 Å². The molecule has 0 aliphatic carbocycles. The maximum Gasteiger partial charge on any atom is 0.573 e. The molecule has 1 fully saturated rings. The van der Waals surface area contributed by atoms with E-state index in [4.69, 9.17) is 0 Å². The number of aromatic nitrogens is 3. The topological polar surface area (TPSA) is 114 Å². The number of hydrazine groups is 1. The largest absolute Gasteiger partial charge is 0.573 e. The van der Waals surface area contributed by atoms with Gasteiger partial charge >= 0.3 is 12.4 Å². The Morgan fingerprint density at radius 2 is 1.76 bits per heavy atom. The molecule has 2 N–H and O–H groups in total. The van der Waals surface area contributed by atoms with E-state index in [1.54, 1.807) is 18.2 Å². The number of hydrogen-bond acceptors (Lipinski definition) is 7. The Kier molecular flexibility index (Phi) is 9.20. The van der Waals surface area contributed by atoms with Crippen molar-refractivity contribution in [3.8, 4) is 22.8 Å². The summed E-state index contributed by atoms with van der Waals surface area (Å²) in [4.78, 5) is 35.0. The number of urea groups is 1. The first-order valence-corrected chi connectivity index (χ1v) is 14.6. The number of carbonyl (C=O) groups excluding carboxylic acids is 2. The fourth-order valence-corrected chi connectivity index (χ4v) is 5.35. The fourth-order valence-electron chi connectivity index (χ4n) is 4.49. The molecule has 15 heteroatoms. The Bertz CT molecular complexity index is 1720. The van der Waals surface area contributed by atoms with Gasteiger partial charge in [-0.2, -0.15) is 4.99 Å². The van der Waals surface area contributed by atoms with Crippen molar-refractivity contribution >= 4 is 34.6 Å². The molecule has 1 aromatic heterocycles. The van der Waals surface area contributed by atoms with E-state index >= 15 is 0 Å². The molecular formula is C30H27F4N7O3S. The lowest BCUT2D eigenvalue weighted by atomic mass is 10.0. The molecule has 10 nitrogen and oxygen atoms in total. The average Bonchev–Trinajstić information content (AvgIpc) is 3.62. The van der Waals surface area contributed by atoms with Gasteiger partial charge in [0.15, 0.2) is 11.0 Å². The maximum atomic E-state index is 14.1. The highest BCUT2D eigenvalue weighted by Crippen LogP contribution is 2.34. The van der Waals surface area contributed by atoms with E-state index < -0.39 is 18.2 Å². The van der Waals surface area contributed by atoms with E-state index in [0.29, 0.717) is 22.8 Å². The van der Waals surface area contributed by atoms with Crippen LogP contribution in [-0.4, -0.2) is 44.0 Å². The molecule has 234 valence electrons. The Hall–Kier alpha value is -4.76. The van der Waals surface area contributed by atoms with Crippen LogP contribution >= 0.6 is 11.8 Å². The molecule has 0 radical (unpaired) electrons. The summed E-state index contributed by atoms with van der Waals surface area (Å²) in [5, 5.41) is 4.55. The summed E-state index contributed by atoms with van der Waals surface area (Å²) in [6.45, 7) is 5.68. The van der Waals surface area contributed by atoms with E-state index in [1.807, 2.05) is 32.9 Å². The van der Waals surface area contributed by atoms with Crippen molar-refractivity contribution in [2.24, 2.45) is 4.99 Å². The van der Waals surface area contributed by atoms with Crippen LogP contribution in [0.4, 0.5) is 28.0 Å². The molecule has 1 saturated heterocycles. The van der Waals surface area contributed by atoms with Gasteiger partial charge in [-0.05, 0) is 60.4 Å². The second-order valence-electron chi connectivity index (χ2n) is 10.2. The predicted molar refractivity (Wildman–Crippen MR) is 161 cm³/mol. The highest BCUT2D eigenvalue weighted by atomic mass is 32.2. The number of anilines is 1. The number of hydrogen-bond donors (Lipinski definition) is 2. The van der Waals surface area contributed by atoms with Gasteiger partial charge in [0, 0.05) is 11.6 Å². The monoisotopic (exact) mass is 641 g/mol. The van der Waals surface area contributed by atoms with Gasteiger partial charge in [-0.25, -0.2) is 24.3 Å². The number of carbonyl (C=O) groups is 2. The van der Waals surface area contributed by atoms with Crippen LogP contribution in [0.3, 0.4) is 0 Å². The van der Waals surface area contributed by atoms with Crippen LogP contribution < -0.4 is 20.5 Å². The number of nitrogens with one attached hydrogen (secondary N) is 2. The van der Waals surface area contributed by atoms with Gasteiger partial charge < -0.3 is 4.74 Å². The van der Waals surface area contributed by atoms with Gasteiger partial charge in [0.1, 0.15) is 17.9 Å². The molecule has 5 rings (SSSR count). The molecule has 45 heavy (non-hydrogen) atoms. The zero-order chi connectivity index (χ0) is 32.3. The summed E-state index contributed by atoms with van der Waals surface area (Å²) in [5.41, 5.74) is 8.54. The number of benzene rings is 3. The summed E-state index contributed by atoms with van der Waals surface area (Å²) < 4.78 is 56.6. The van der Waals surface area contributed by atoms with E-state index in [9.17, 15) is 27.2 Å². The first kappa shape index (κ1) is 31.7. The molecule has 1 unspecified atom stereocenters. The van der Waals surface area contributed by atoms with E-state index in [-0.39, 0.29) is 34.5 Å². The van der Waals surface area contributed by atoms with Gasteiger partial charge in [-0.1, -0.05) is 55.9 Å². The Morgan fingerprint density at radius 3 is 2.42 bits per heavy atom. The third-order valence-electron chi connectivity index (χ3n) is 6.71. The minimum atomic E-state index is -4.78. The van der Waals surface area contributed by atoms with Gasteiger partial charge in [-0.15, -0.1) is 18.3 Å². The van der Waals surface area contributed by atoms with E-state index in [2.05, 4.69) is 30.7 Å². The zero-order valence-electron chi connectivity index (χ0n) is 24.2. The number of aliphatic imine (C=N–C) groups is 1. The molecule has 4 aromatic rings. The molecule has 0 saturated carbocycles. The van der Waals surface area contributed by atoms with Crippen molar-refractivity contribution in [1.29, 1.82) is 0 Å². The van der Waals surface area contributed by atoms with Gasteiger partial charge in [-0.3, -0.25) is 15.1 Å². The molecule has 3 aromatic carbocycles. The second kappa shape index (κ2) is 13.1. The van der Waals surface area contributed by atoms with Crippen LogP contribution in [0.25, 0.3) is 17.1 Å². The van der Waals surface area contributed by atoms with Crippen LogP contribution in [0, 0.1) is 5.82 Å².